The summed E-state index contributed by atoms with van der Waals surface area (Å²) >= 11 is 0. The Kier molecular flexibility index (Phi) is 44.2. The quantitative estimate of drug-likeness (QED) is 0.0314. The summed E-state index contributed by atoms with van der Waals surface area (Å²) in [5.41, 5.74) is 26.9. The van der Waals surface area contributed by atoms with E-state index in [9.17, 15) is 24.3 Å². The largest absolute Gasteiger partial charge is 0.512 e. The van der Waals surface area contributed by atoms with Crippen LogP contribution in [0.5, 0.6) is 0 Å². The van der Waals surface area contributed by atoms with Gasteiger partial charge in [0.25, 0.3) is 0 Å². The summed E-state index contributed by atoms with van der Waals surface area (Å²) in [6.45, 7) is 38.8. The van der Waals surface area contributed by atoms with Crippen LogP contribution in [0.3, 0.4) is 0 Å². The van der Waals surface area contributed by atoms with Crippen LogP contribution < -0.4 is 0 Å². The second-order valence-electron chi connectivity index (χ2n) is 39.5. The molecule has 0 aliphatic carbocycles. The number of aliphatic hydroxyl groups is 4. The number of allylic oxidation sites excluding steroid dienone is 8. The Morgan fingerprint density at radius 2 is 0.574 bits per heavy atom. The van der Waals surface area contributed by atoms with E-state index in [2.05, 4.69) is 245 Å². The Morgan fingerprint density at radius 1 is 0.284 bits per heavy atom. The molecule has 8 heterocycles. The molecule has 0 aliphatic heterocycles. The predicted octanol–water partition coefficient (Wildman–Crippen LogP) is 34.0. The van der Waals surface area contributed by atoms with E-state index in [1.54, 1.807) is 0 Å². The maximum atomic E-state index is 11.2. The Balaban J connectivity index is 0.000000197. The van der Waals surface area contributed by atoms with Crippen molar-refractivity contribution in [2.75, 3.05) is 0 Å². The Labute approximate surface area is 921 Å². The number of furan rings is 4. The van der Waals surface area contributed by atoms with Crippen LogP contribution in [-0.2, 0) is 125 Å². The predicted molar refractivity (Wildman–Crippen MR) is 593 cm³/mol. The SMILES string of the molecule is CC(=O)C=C(C)O.CC(=O)C=C(C)O.CC(=O)C=C(C)O.CC(C)CC(=O)C=C(O)CC(C)C.CC(C)Cc1cc(-c2[c-]cccc2)nc2cc3oc4ccccc4c3cc12.CC(C)Cc1cc(-c2[c-]cccc2)nc2cc3oc4ccccc4c3cc12.Cc1cc[c-]c(-c2cc(CC(C)C)c3cc4c(cc3n2)oc2ccccc24)c1.Cc1ccc[c-]c1-c1cc(CC(C)C)c2cc3c(cc2n1)oc1ccccc13.[Ir].[Ir].[Ir].[Ir]. The van der Waals surface area contributed by atoms with Crippen LogP contribution in [0, 0.1) is 73.6 Å². The molecule has 0 bridgehead atoms. The van der Waals surface area contributed by atoms with Gasteiger partial charge in [-0.2, -0.15) is 0 Å². The topological polar surface area (TPSA) is 253 Å². The van der Waals surface area contributed by atoms with Gasteiger partial charge in [-0.25, -0.2) is 0 Å². The van der Waals surface area contributed by atoms with Gasteiger partial charge in [0.1, 0.15) is 44.7 Å². The molecule has 0 aliphatic rings. The summed E-state index contributed by atoms with van der Waals surface area (Å²) in [5.74, 6) is 3.06. The number of aliphatic hydroxyl groups excluding tert-OH is 4. The number of fused-ring (bicyclic) bond motifs is 16. The van der Waals surface area contributed by atoms with Gasteiger partial charge in [0.2, 0.25) is 0 Å². The normalized spacial score (nSPS) is 11.5. The van der Waals surface area contributed by atoms with Crippen LogP contribution in [0.15, 0.2) is 320 Å². The molecule has 20 rings (SSSR count). The van der Waals surface area contributed by atoms with Crippen LogP contribution >= 0.6 is 0 Å². The molecule has 4 N–H and O–H groups in total. The molecule has 0 unspecified atom stereocenters. The van der Waals surface area contributed by atoms with Crippen LogP contribution in [0.4, 0.5) is 0 Å². The van der Waals surface area contributed by atoms with Gasteiger partial charge in [-0.15, -0.1) is 143 Å². The maximum Gasteiger partial charge on any atom is 0.159 e. The first-order valence-electron chi connectivity index (χ1n) is 49.3. The van der Waals surface area contributed by atoms with Crippen molar-refractivity contribution in [3.05, 3.63) is 360 Å². The number of rotatable bonds is 20. The standard InChI is InChI=1S/2C26H22NO.2C25H20NO.C11H20O2.3C5H8O2.4Ir/c1-16(2)11-19-13-23(18-8-6-7-17(3)12-18)27-24-15-26-22(14-21(19)24)20-9-4-5-10-25(20)28-26;1-16(2)12-18-13-23(19-9-5-4-8-17(19)3)27-24-15-26-22(14-21(18)24)20-10-6-7-11-25(20)28-26;2*1-16(2)12-18-13-22(17-8-4-3-5-9-17)26-23-15-25-21(14-20(18)23)19-10-6-7-11-24(19)27-25;1-8(2)5-10(12)7-11(13)6-9(3)4;3*1-4(6)3-5(2)7;;;;/h4-7,9-10,12-16H,11H2,1-3H3;4-8,10-11,13-16H,12H2,1-3H3;2*3-8,10-11,13-16H,12H2,1-2H3;7-9,12H,5-6H2,1-4H3;3*3,6H,1-2H3;;;;/q4*-1;;;;;;;;. The molecule has 16 nitrogen and oxygen atoms in total. The van der Waals surface area contributed by atoms with Gasteiger partial charge in [-0.05, 0) is 196 Å². The third-order valence-corrected chi connectivity index (χ3v) is 23.4. The second kappa shape index (κ2) is 55.3. The van der Waals surface area contributed by atoms with Gasteiger partial charge in [-0.3, -0.25) is 39.1 Å². The van der Waals surface area contributed by atoms with Gasteiger partial charge < -0.3 is 38.1 Å². The molecule has 8 aromatic heterocycles. The summed E-state index contributed by atoms with van der Waals surface area (Å²) in [7, 11) is 0. The summed E-state index contributed by atoms with van der Waals surface area (Å²) in [5, 5.41) is 48.5. The number of carbonyl (C=O) groups is 4. The van der Waals surface area contributed by atoms with Crippen LogP contribution in [0.2, 0.25) is 0 Å². The minimum absolute atomic E-state index is 0. The number of aryl methyl sites for hydroxylation is 2. The summed E-state index contributed by atoms with van der Waals surface area (Å²) in [6.07, 6.45) is 10.0. The molecule has 0 atom stereocenters. The average Bonchev–Trinajstić information content (AvgIpc) is 1.60. The number of hydrogen-bond acceptors (Lipinski definition) is 16. The molecule has 0 spiro atoms. The van der Waals surface area contributed by atoms with Crippen molar-refractivity contribution in [3.8, 4) is 45.0 Å². The van der Waals surface area contributed by atoms with E-state index in [1.165, 1.54) is 121 Å². The van der Waals surface area contributed by atoms with Crippen molar-refractivity contribution in [1.82, 2.24) is 19.9 Å². The minimum Gasteiger partial charge on any atom is -0.512 e. The van der Waals surface area contributed by atoms with Crippen molar-refractivity contribution >= 4 is 154 Å². The number of carbonyl (C=O) groups excluding carboxylic acids is 4. The molecule has 4 radical (unpaired) electrons. The van der Waals surface area contributed by atoms with Crippen molar-refractivity contribution in [3.63, 3.8) is 0 Å². The first-order valence-corrected chi connectivity index (χ1v) is 49.3. The van der Waals surface area contributed by atoms with Gasteiger partial charge in [0.15, 0.2) is 23.1 Å². The number of ketones is 4. The first-order chi connectivity index (χ1) is 68.8. The number of benzene rings is 12. The number of nitrogens with zero attached hydrogens (tertiary/aromatic N) is 4. The van der Waals surface area contributed by atoms with E-state index in [4.69, 9.17) is 52.9 Å². The van der Waals surface area contributed by atoms with E-state index < -0.39 is 0 Å². The average molecular weight is 2680 g/mol. The first kappa shape index (κ1) is 118. The second-order valence-corrected chi connectivity index (χ2v) is 39.5. The Hall–Kier alpha value is -13.1. The molecular formula is C128H128Ir4N4O12-4. The van der Waals surface area contributed by atoms with Gasteiger partial charge >= 0.3 is 0 Å². The van der Waals surface area contributed by atoms with E-state index in [-0.39, 0.29) is 127 Å². The van der Waals surface area contributed by atoms with Crippen LogP contribution in [-0.4, -0.2) is 63.5 Å². The van der Waals surface area contributed by atoms with Crippen molar-refractivity contribution in [2.24, 2.45) is 35.5 Å². The summed E-state index contributed by atoms with van der Waals surface area (Å²) < 4.78 is 24.4. The van der Waals surface area contributed by atoms with E-state index in [0.717, 1.165) is 181 Å². The van der Waals surface area contributed by atoms with Crippen molar-refractivity contribution in [2.45, 2.75) is 177 Å². The molecule has 20 heteroatoms. The van der Waals surface area contributed by atoms with E-state index in [1.807, 2.05) is 131 Å². The van der Waals surface area contributed by atoms with Crippen LogP contribution in [0.1, 0.15) is 171 Å². The zero-order chi connectivity index (χ0) is 103. The number of pyridine rings is 4. The van der Waals surface area contributed by atoms with E-state index >= 15 is 0 Å². The fourth-order valence-corrected chi connectivity index (χ4v) is 17.7. The molecule has 20 aromatic rings. The van der Waals surface area contributed by atoms with Gasteiger partial charge in [-0.1, -0.05) is 194 Å². The fourth-order valence-electron chi connectivity index (χ4n) is 17.7. The maximum absolute atomic E-state index is 11.2. The Bertz CT molecular complexity index is 7880. The monoisotopic (exact) mass is 2680 g/mol. The van der Waals surface area contributed by atoms with Crippen molar-refractivity contribution in [1.29, 1.82) is 0 Å². The molecular weight excluding hydrogens is 2550 g/mol. The smallest absolute Gasteiger partial charge is 0.159 e. The third-order valence-electron chi connectivity index (χ3n) is 23.4. The number of hydrogen-bond donors (Lipinski definition) is 4. The fraction of sp³-hybridized carbons (Fsp3) is 0.250. The molecule has 0 saturated carbocycles. The zero-order valence-electron chi connectivity index (χ0n) is 87.4. The molecule has 772 valence electrons. The molecule has 0 amide bonds. The van der Waals surface area contributed by atoms with Crippen molar-refractivity contribution < 1.29 is 138 Å². The molecule has 0 saturated heterocycles. The van der Waals surface area contributed by atoms with E-state index in [0.29, 0.717) is 48.3 Å². The summed E-state index contributed by atoms with van der Waals surface area (Å²) in [4.78, 5) is 61.1. The molecule has 0 fully saturated rings. The number of para-hydroxylation sites is 4. The summed E-state index contributed by atoms with van der Waals surface area (Å²) in [6, 6.07) is 101. The third kappa shape index (κ3) is 32.2. The van der Waals surface area contributed by atoms with Gasteiger partial charge in [0.05, 0.1) is 45.1 Å². The zero-order valence-corrected chi connectivity index (χ0v) is 97.0. The Morgan fingerprint density at radius 3 is 0.851 bits per heavy atom. The van der Waals surface area contributed by atoms with Gasteiger partial charge in [0, 0.05) is 206 Å². The minimum atomic E-state index is -0.125. The van der Waals surface area contributed by atoms with Crippen LogP contribution in [0.25, 0.3) is 176 Å². The molecule has 148 heavy (non-hydrogen) atoms. The molecule has 12 aromatic carbocycles. The number of aromatic nitrogens is 4.